The van der Waals surface area contributed by atoms with E-state index in [9.17, 15) is 14.4 Å². The van der Waals surface area contributed by atoms with E-state index in [4.69, 9.17) is 11.1 Å². The zero-order valence-electron chi connectivity index (χ0n) is 19.3. The molecule has 0 saturated carbocycles. The molecule has 33 heavy (non-hydrogen) atoms. The number of likely N-dealkylation sites (tertiary alicyclic amines) is 1. The van der Waals surface area contributed by atoms with Crippen LogP contribution < -0.4 is 11.1 Å². The predicted octanol–water partition coefficient (Wildman–Crippen LogP) is 2.99. The van der Waals surface area contributed by atoms with Gasteiger partial charge in [-0.2, -0.15) is 0 Å². The van der Waals surface area contributed by atoms with Crippen molar-refractivity contribution in [2.75, 3.05) is 19.6 Å². The lowest BCUT2D eigenvalue weighted by Gasteiger charge is -2.43. The third-order valence-electron chi connectivity index (χ3n) is 6.56. The quantitative estimate of drug-likeness (QED) is 0.249. The Labute approximate surface area is 195 Å². The number of benzene rings is 2. The summed E-state index contributed by atoms with van der Waals surface area (Å²) in [5, 5.41) is 10.6. The second-order valence-corrected chi connectivity index (χ2v) is 9.35. The molecule has 1 aliphatic rings. The number of nitrogens with two attached hydrogens (primary N) is 1. The number of nitrogens with zero attached hydrogens (tertiary/aromatic N) is 1. The highest BCUT2D eigenvalue weighted by atomic mass is 16.2. The van der Waals surface area contributed by atoms with E-state index in [-0.39, 0.29) is 28.7 Å². The van der Waals surface area contributed by atoms with Crippen molar-refractivity contribution in [3.8, 4) is 0 Å². The van der Waals surface area contributed by atoms with E-state index in [1.54, 1.807) is 24.3 Å². The smallest absolute Gasteiger partial charge is 0.323 e. The lowest BCUT2D eigenvalue weighted by molar-refractivity contribution is -0.852. The number of carbonyl (C=O) groups is 3. The molecule has 0 spiro atoms. The van der Waals surface area contributed by atoms with Crippen LogP contribution in [0.25, 0.3) is 0 Å². The van der Waals surface area contributed by atoms with Crippen LogP contribution in [0.5, 0.6) is 0 Å². The molecule has 7 heteroatoms. The normalized spacial score (nSPS) is 16.4. The zero-order chi connectivity index (χ0) is 24.1. The Morgan fingerprint density at radius 1 is 1.03 bits per heavy atom. The van der Waals surface area contributed by atoms with Gasteiger partial charge < -0.3 is 11.1 Å². The average Bonchev–Trinajstić information content (AvgIpc) is 2.80. The maximum atomic E-state index is 14.1. The molecule has 1 saturated heterocycles. The van der Waals surface area contributed by atoms with Gasteiger partial charge in [0, 0.05) is 11.1 Å². The Hall–Kier alpha value is -3.32. The predicted molar refractivity (Wildman–Crippen MR) is 128 cm³/mol. The Balaban J connectivity index is 1.95. The minimum Gasteiger partial charge on any atom is -0.384 e. The topological polar surface area (TPSA) is 113 Å². The molecule has 3 rings (SSSR count). The minimum absolute atomic E-state index is 0.0368. The molecule has 0 aliphatic carbocycles. The van der Waals surface area contributed by atoms with E-state index < -0.39 is 11.5 Å². The van der Waals surface area contributed by atoms with Crippen LogP contribution in [0.2, 0.25) is 0 Å². The van der Waals surface area contributed by atoms with Crippen molar-refractivity contribution < 1.29 is 18.9 Å². The summed E-state index contributed by atoms with van der Waals surface area (Å²) in [6.45, 7) is 5.13. The lowest BCUT2D eigenvalue weighted by atomic mass is 9.79. The number of aldehydes is 1. The Morgan fingerprint density at radius 3 is 2.15 bits per heavy atom. The van der Waals surface area contributed by atoms with E-state index in [2.05, 4.69) is 5.32 Å². The molecule has 0 radical (unpaired) electrons. The molecule has 0 aromatic heterocycles. The maximum absolute atomic E-state index is 14.1. The molecular formula is C26H33N4O3+. The number of carbonyl (C=O) groups excluding carboxylic acids is 3. The van der Waals surface area contributed by atoms with Gasteiger partial charge in [0.2, 0.25) is 0 Å². The second kappa shape index (κ2) is 10.1. The van der Waals surface area contributed by atoms with E-state index >= 15 is 0 Å². The highest BCUT2D eigenvalue weighted by molar-refractivity contribution is 5.98. The van der Waals surface area contributed by atoms with E-state index in [1.165, 1.54) is 0 Å². The monoisotopic (exact) mass is 449 g/mol. The van der Waals surface area contributed by atoms with Crippen LogP contribution in [0.15, 0.2) is 54.6 Å². The number of nitrogens with one attached hydrogen (secondary N) is 2. The van der Waals surface area contributed by atoms with Crippen LogP contribution in [0.1, 0.15) is 60.5 Å². The molecule has 1 fully saturated rings. The highest BCUT2D eigenvalue weighted by Gasteiger charge is 2.49. The third kappa shape index (κ3) is 5.37. The summed E-state index contributed by atoms with van der Waals surface area (Å²) in [6.07, 6.45) is 3.69. The van der Waals surface area contributed by atoms with Gasteiger partial charge in [-0.1, -0.05) is 42.5 Å². The lowest BCUT2D eigenvalue weighted by Crippen LogP contribution is -2.63. The van der Waals surface area contributed by atoms with Crippen molar-refractivity contribution in [3.63, 3.8) is 0 Å². The van der Waals surface area contributed by atoms with Crippen LogP contribution in [0, 0.1) is 5.41 Å². The molecule has 174 valence electrons. The van der Waals surface area contributed by atoms with Gasteiger partial charge >= 0.3 is 5.91 Å². The first-order chi connectivity index (χ1) is 15.7. The van der Waals surface area contributed by atoms with Crippen LogP contribution in [-0.2, 0) is 9.59 Å². The van der Waals surface area contributed by atoms with Gasteiger partial charge in [0.25, 0.3) is 5.91 Å². The number of rotatable bonds is 8. The van der Waals surface area contributed by atoms with Gasteiger partial charge in [-0.25, -0.2) is 4.79 Å². The van der Waals surface area contributed by atoms with Crippen LogP contribution in [-0.4, -0.2) is 53.6 Å². The number of hydrogen-bond acceptors (Lipinski definition) is 4. The van der Waals surface area contributed by atoms with Gasteiger partial charge in [-0.05, 0) is 50.8 Å². The standard InChI is InChI=1S/C26H32N4O3/c1-26(2,29-24(32)21-13-11-20(12-14-21)23(27)28)22(19-9-5-3-6-10-19)25(33)30(17-18-31)15-7-4-8-16-30/h3,5-6,9-14,18,22H,4,7-8,15-17H2,1-2H3,(H3-,27,28,29,32)/p+1. The van der Waals surface area contributed by atoms with Gasteiger partial charge in [-0.3, -0.25) is 19.5 Å². The fraction of sp³-hybridized carbons (Fsp3) is 0.385. The number of piperidine rings is 1. The maximum Gasteiger partial charge on any atom is 0.323 e. The minimum atomic E-state index is -0.916. The first-order valence-corrected chi connectivity index (χ1v) is 11.4. The molecule has 2 aromatic rings. The van der Waals surface area contributed by atoms with E-state index in [0.29, 0.717) is 24.2 Å². The Morgan fingerprint density at radius 2 is 1.61 bits per heavy atom. The molecule has 1 aliphatic heterocycles. The van der Waals surface area contributed by atoms with Gasteiger partial charge in [0.05, 0.1) is 18.6 Å². The van der Waals surface area contributed by atoms with Crippen molar-refractivity contribution in [3.05, 3.63) is 71.3 Å². The summed E-state index contributed by atoms with van der Waals surface area (Å²) < 4.78 is 0.121. The zero-order valence-corrected chi connectivity index (χ0v) is 19.3. The van der Waals surface area contributed by atoms with Crippen molar-refractivity contribution in [1.29, 1.82) is 5.41 Å². The first kappa shape index (κ1) is 24.3. The van der Waals surface area contributed by atoms with Crippen LogP contribution >= 0.6 is 0 Å². The van der Waals surface area contributed by atoms with Gasteiger partial charge in [-0.15, -0.1) is 0 Å². The molecule has 2 aromatic carbocycles. The molecule has 7 nitrogen and oxygen atoms in total. The number of amidine groups is 1. The number of nitrogen functional groups attached to an aromatic ring is 1. The van der Waals surface area contributed by atoms with Crippen molar-refractivity contribution in [2.45, 2.75) is 44.6 Å². The van der Waals surface area contributed by atoms with Gasteiger partial charge in [0.15, 0.2) is 6.29 Å². The molecule has 1 heterocycles. The molecular weight excluding hydrogens is 416 g/mol. The molecule has 1 unspecified atom stereocenters. The Bertz CT molecular complexity index is 1010. The summed E-state index contributed by atoms with van der Waals surface area (Å²) in [5.41, 5.74) is 6.36. The largest absolute Gasteiger partial charge is 0.384 e. The van der Waals surface area contributed by atoms with Gasteiger partial charge in [0.1, 0.15) is 18.3 Å². The molecule has 0 bridgehead atoms. The van der Waals surface area contributed by atoms with E-state index in [1.807, 2.05) is 44.2 Å². The summed E-state index contributed by atoms with van der Waals surface area (Å²) in [5.74, 6) is -1.05. The van der Waals surface area contributed by atoms with Crippen molar-refractivity contribution in [2.24, 2.45) is 5.73 Å². The summed E-state index contributed by atoms with van der Waals surface area (Å²) in [7, 11) is 0. The first-order valence-electron chi connectivity index (χ1n) is 11.4. The summed E-state index contributed by atoms with van der Waals surface area (Å²) in [4.78, 5) is 38.8. The third-order valence-corrected chi connectivity index (χ3v) is 6.56. The molecule has 2 amide bonds. The molecule has 4 N–H and O–H groups in total. The van der Waals surface area contributed by atoms with Crippen molar-refractivity contribution in [1.82, 2.24) is 5.32 Å². The SMILES string of the molecule is CC(C)(NC(=O)c1ccc(C(=N)N)cc1)C(C(=O)[N+]1(CC=O)CCCCC1)c1ccccc1. The Kier molecular flexibility index (Phi) is 7.43. The molecule has 1 atom stereocenters. The van der Waals surface area contributed by atoms with Crippen molar-refractivity contribution >= 4 is 23.9 Å². The fourth-order valence-corrected chi connectivity index (χ4v) is 4.78. The van der Waals surface area contributed by atoms with Crippen LogP contribution in [0.4, 0.5) is 0 Å². The number of amides is 2. The average molecular weight is 450 g/mol. The highest BCUT2D eigenvalue weighted by Crippen LogP contribution is 2.35. The summed E-state index contributed by atoms with van der Waals surface area (Å²) >= 11 is 0. The fourth-order valence-electron chi connectivity index (χ4n) is 4.78. The summed E-state index contributed by atoms with van der Waals surface area (Å²) in [6, 6.07) is 16.0. The second-order valence-electron chi connectivity index (χ2n) is 9.35. The van der Waals surface area contributed by atoms with Crippen LogP contribution in [0.3, 0.4) is 0 Å². The number of quaternary nitrogens is 1. The number of hydrogen-bond donors (Lipinski definition) is 3. The van der Waals surface area contributed by atoms with E-state index in [0.717, 1.165) is 31.1 Å².